The summed E-state index contributed by atoms with van der Waals surface area (Å²) >= 11 is 0. The summed E-state index contributed by atoms with van der Waals surface area (Å²) in [5.74, 6) is -3.91. The van der Waals surface area contributed by atoms with Crippen molar-refractivity contribution in [2.75, 3.05) is 40.6 Å². The van der Waals surface area contributed by atoms with E-state index < -0.39 is 155 Å². The van der Waals surface area contributed by atoms with Crippen molar-refractivity contribution in [3.05, 3.63) is 0 Å². The molecule has 51 heavy (non-hydrogen) atoms. The van der Waals surface area contributed by atoms with Gasteiger partial charge in [-0.3, -0.25) is 4.79 Å². The molecule has 298 valence electrons. The number of hydrogen-bond donors (Lipinski definition) is 12. The summed E-state index contributed by atoms with van der Waals surface area (Å²) in [6, 6.07) is 0. The van der Waals surface area contributed by atoms with Gasteiger partial charge < -0.3 is 109 Å². The van der Waals surface area contributed by atoms with Crippen LogP contribution < -0.4 is 0 Å². The van der Waals surface area contributed by atoms with Crippen LogP contribution in [0.2, 0.25) is 0 Å². The van der Waals surface area contributed by atoms with Gasteiger partial charge in [-0.2, -0.15) is 0 Å². The van der Waals surface area contributed by atoms with Crippen LogP contribution >= 0.6 is 0 Å². The van der Waals surface area contributed by atoms with E-state index in [1.807, 2.05) is 0 Å². The topological polar surface area (TPSA) is 352 Å². The zero-order valence-corrected chi connectivity index (χ0v) is 27.7. The molecule has 0 radical (unpaired) electrons. The Hall–Kier alpha value is -1.37. The van der Waals surface area contributed by atoms with Crippen LogP contribution in [-0.2, 0) is 52.2 Å². The fourth-order valence-electron chi connectivity index (χ4n) is 6.23. The second kappa shape index (κ2) is 17.8. The van der Waals surface area contributed by atoms with Gasteiger partial charge in [-0.25, -0.2) is 0 Å². The third-order valence-electron chi connectivity index (χ3n) is 9.03. The molecule has 12 N–H and O–H groups in total. The lowest BCUT2D eigenvalue weighted by atomic mass is 9.94. The Morgan fingerprint density at radius 2 is 0.961 bits per heavy atom. The first-order valence-electron chi connectivity index (χ1n) is 15.9. The smallest absolute Gasteiger partial charge is 0.302 e. The summed E-state index contributed by atoms with van der Waals surface area (Å²) in [5.41, 5.74) is 0. The highest BCUT2D eigenvalue weighted by molar-refractivity contribution is 5.65. The van der Waals surface area contributed by atoms with E-state index in [1.165, 1.54) is 7.11 Å². The maximum Gasteiger partial charge on any atom is 0.302 e. The van der Waals surface area contributed by atoms with Crippen molar-refractivity contribution >= 4 is 5.97 Å². The van der Waals surface area contributed by atoms with E-state index in [-0.39, 0.29) is 0 Å². The largest absolute Gasteiger partial charge is 0.463 e. The number of hydrogen-bond acceptors (Lipinski definition) is 23. The molecule has 23 nitrogen and oxygen atoms in total. The third-order valence-corrected chi connectivity index (χ3v) is 9.03. The average molecular weight is 753 g/mol. The standard InChI is InChI=1S/C28H48O23/c1-8(32)44-7-12-21(15(35)18(38)26(47-12)51-22-11(6-31)48-27(43-3)28(40,41)23(22)39)50-25-17(37)14(34)20(10(5-30)46-25)49-24-16(36)13(33)19(42-2)9(4-29)45-24/h9-27,29-31,33-41H,4-7H2,1-3H3/t9?,10?,11?,12?,13?,14?,15-,16-,17-,18-,19-,20-,21-,22-,23?,24-,25+,26+,27+/m1/s1. The van der Waals surface area contributed by atoms with Crippen LogP contribution in [0.15, 0.2) is 0 Å². The van der Waals surface area contributed by atoms with E-state index in [0.29, 0.717) is 0 Å². The fraction of sp³-hybridized carbons (Fsp3) is 0.964. The Kier molecular flexibility index (Phi) is 14.8. The molecule has 0 amide bonds. The molecule has 4 aliphatic rings. The molecule has 0 aromatic rings. The highest BCUT2D eigenvalue weighted by atomic mass is 16.8. The summed E-state index contributed by atoms with van der Waals surface area (Å²) in [5, 5.41) is 126. The van der Waals surface area contributed by atoms with E-state index in [0.717, 1.165) is 14.0 Å². The van der Waals surface area contributed by atoms with Gasteiger partial charge in [-0.1, -0.05) is 0 Å². The zero-order valence-electron chi connectivity index (χ0n) is 27.7. The molecule has 4 rings (SSSR count). The molecule has 0 aromatic heterocycles. The van der Waals surface area contributed by atoms with Crippen molar-refractivity contribution in [1.82, 2.24) is 0 Å². The van der Waals surface area contributed by atoms with Crippen LogP contribution in [0.4, 0.5) is 0 Å². The fourth-order valence-corrected chi connectivity index (χ4v) is 6.23. The van der Waals surface area contributed by atoms with E-state index in [4.69, 9.17) is 47.4 Å². The van der Waals surface area contributed by atoms with Crippen LogP contribution in [0.5, 0.6) is 0 Å². The minimum absolute atomic E-state index is 0.666. The van der Waals surface area contributed by atoms with E-state index in [9.17, 15) is 66.1 Å². The second-order valence-electron chi connectivity index (χ2n) is 12.4. The zero-order chi connectivity index (χ0) is 37.9. The molecule has 0 bridgehead atoms. The number of methoxy groups -OCH3 is 2. The minimum Gasteiger partial charge on any atom is -0.463 e. The van der Waals surface area contributed by atoms with Gasteiger partial charge in [0, 0.05) is 21.1 Å². The molecule has 0 spiro atoms. The Morgan fingerprint density at radius 3 is 1.39 bits per heavy atom. The highest BCUT2D eigenvalue weighted by Gasteiger charge is 2.58. The predicted octanol–water partition coefficient (Wildman–Crippen LogP) is -8.55. The molecule has 0 aliphatic carbocycles. The van der Waals surface area contributed by atoms with Gasteiger partial charge in [0.25, 0.3) is 0 Å². The maximum absolute atomic E-state index is 11.7. The molecule has 7 unspecified atom stereocenters. The van der Waals surface area contributed by atoms with Gasteiger partial charge in [0.15, 0.2) is 18.9 Å². The highest BCUT2D eigenvalue weighted by Crippen LogP contribution is 2.36. The van der Waals surface area contributed by atoms with Gasteiger partial charge in [0.1, 0.15) is 98.2 Å². The normalized spacial score (nSPS) is 47.5. The lowest BCUT2D eigenvalue weighted by Gasteiger charge is -2.50. The Bertz CT molecular complexity index is 1100. The lowest BCUT2D eigenvalue weighted by Crippen LogP contribution is -2.70. The summed E-state index contributed by atoms with van der Waals surface area (Å²) in [4.78, 5) is 11.7. The molecule has 19 atom stereocenters. The van der Waals surface area contributed by atoms with E-state index in [2.05, 4.69) is 0 Å². The molecular weight excluding hydrogens is 704 g/mol. The number of aliphatic hydroxyl groups is 12. The predicted molar refractivity (Wildman–Crippen MR) is 154 cm³/mol. The monoisotopic (exact) mass is 752 g/mol. The number of carbonyl (C=O) groups is 1. The molecule has 4 fully saturated rings. The molecule has 4 aliphatic heterocycles. The van der Waals surface area contributed by atoms with Gasteiger partial charge in [-0.15, -0.1) is 0 Å². The van der Waals surface area contributed by atoms with Gasteiger partial charge >= 0.3 is 5.97 Å². The number of esters is 1. The van der Waals surface area contributed by atoms with Crippen LogP contribution in [-0.4, -0.2) is 230 Å². The first-order valence-corrected chi connectivity index (χ1v) is 15.9. The van der Waals surface area contributed by atoms with Crippen LogP contribution in [0.1, 0.15) is 6.92 Å². The second-order valence-corrected chi connectivity index (χ2v) is 12.4. The Labute approximate surface area is 289 Å². The Balaban J connectivity index is 1.50. The summed E-state index contributed by atoms with van der Waals surface area (Å²) in [6.07, 6.45) is -33.4. The van der Waals surface area contributed by atoms with Gasteiger partial charge in [0.2, 0.25) is 12.1 Å². The molecule has 4 saturated heterocycles. The Morgan fingerprint density at radius 1 is 0.569 bits per heavy atom. The van der Waals surface area contributed by atoms with Crippen LogP contribution in [0.3, 0.4) is 0 Å². The van der Waals surface area contributed by atoms with Gasteiger partial charge in [-0.05, 0) is 0 Å². The van der Waals surface area contributed by atoms with Gasteiger partial charge in [0.05, 0.1) is 19.8 Å². The van der Waals surface area contributed by atoms with Crippen molar-refractivity contribution in [1.29, 1.82) is 0 Å². The van der Waals surface area contributed by atoms with Crippen LogP contribution in [0.25, 0.3) is 0 Å². The number of carbonyl (C=O) groups excluding carboxylic acids is 1. The molecular formula is C28H48O23. The first kappa shape index (κ1) is 42.4. The quantitative estimate of drug-likeness (QED) is 0.0614. The molecule has 0 saturated carbocycles. The summed E-state index contributed by atoms with van der Waals surface area (Å²) in [6.45, 7) is -2.08. The van der Waals surface area contributed by atoms with Crippen molar-refractivity contribution < 1.29 is 113 Å². The first-order chi connectivity index (χ1) is 24.0. The molecule has 0 aromatic carbocycles. The van der Waals surface area contributed by atoms with Crippen molar-refractivity contribution in [2.24, 2.45) is 0 Å². The lowest BCUT2D eigenvalue weighted by molar-refractivity contribution is -0.423. The maximum atomic E-state index is 11.7. The molecule has 23 heteroatoms. The van der Waals surface area contributed by atoms with Crippen molar-refractivity contribution in [3.63, 3.8) is 0 Å². The minimum atomic E-state index is -3.08. The summed E-state index contributed by atoms with van der Waals surface area (Å²) < 4.78 is 53.7. The third kappa shape index (κ3) is 8.80. The average Bonchev–Trinajstić information content (AvgIpc) is 3.10. The van der Waals surface area contributed by atoms with E-state index in [1.54, 1.807) is 0 Å². The number of ether oxygens (including phenoxy) is 10. The molecule has 4 heterocycles. The van der Waals surface area contributed by atoms with Crippen molar-refractivity contribution in [2.45, 2.75) is 129 Å². The SMILES string of the molecule is CO[C@@H]1C(CO)O[C@H](O[C@@H]2C(CO)O[C@@H](O[C@@H]3C(COC(C)=O)O[C@@H](O[C@@H]4C(CO)O[C@H](OC)C(O)(O)C4O)[C@H](O)[C@H]3O)[C@H](O)C2O)[C@H](O)C1O. The summed E-state index contributed by atoms with van der Waals surface area (Å²) in [7, 11) is 2.24. The van der Waals surface area contributed by atoms with Crippen LogP contribution in [0, 0.1) is 0 Å². The van der Waals surface area contributed by atoms with E-state index >= 15 is 0 Å². The number of rotatable bonds is 13. The number of aliphatic hydroxyl groups excluding tert-OH is 10. The van der Waals surface area contributed by atoms with Crippen molar-refractivity contribution in [3.8, 4) is 0 Å².